The van der Waals surface area contributed by atoms with E-state index in [9.17, 15) is 0 Å². The van der Waals surface area contributed by atoms with E-state index in [1.165, 1.54) is 37.7 Å². The van der Waals surface area contributed by atoms with E-state index in [1.54, 1.807) is 0 Å². The largest absolute Gasteiger partial charge is 0.490 e. The Hall–Kier alpha value is -1.09. The molecule has 2 rings (SSSR count). The lowest BCUT2D eigenvalue weighted by Crippen LogP contribution is -2.30. The number of hydrogen-bond donors (Lipinski definition) is 1. The summed E-state index contributed by atoms with van der Waals surface area (Å²) in [6, 6.07) is 2.57. The molecule has 0 aromatic carbocycles. The lowest BCUT2D eigenvalue weighted by atomic mass is 9.84. The Morgan fingerprint density at radius 2 is 2.10 bits per heavy atom. The van der Waals surface area contributed by atoms with Crippen molar-refractivity contribution in [2.75, 3.05) is 0 Å². The Kier molecular flexibility index (Phi) is 6.04. The molecule has 0 saturated heterocycles. The van der Waals surface area contributed by atoms with Crippen molar-refractivity contribution in [1.82, 2.24) is 10.3 Å². The minimum atomic E-state index is 0.378. The predicted octanol–water partition coefficient (Wildman–Crippen LogP) is 4.24. The van der Waals surface area contributed by atoms with Crippen LogP contribution in [0, 0.1) is 12.8 Å². The average Bonchev–Trinajstić information content (AvgIpc) is 2.47. The summed E-state index contributed by atoms with van der Waals surface area (Å²) >= 11 is 0. The second-order valence-electron chi connectivity index (χ2n) is 6.58. The van der Waals surface area contributed by atoms with Crippen LogP contribution in [0.1, 0.15) is 64.1 Å². The van der Waals surface area contributed by atoms with Crippen molar-refractivity contribution in [3.05, 3.63) is 23.5 Å². The normalized spacial score (nSPS) is 22.5. The number of nitrogens with zero attached hydrogens (tertiary/aromatic N) is 1. The van der Waals surface area contributed by atoms with Gasteiger partial charge in [0.05, 0.1) is 0 Å². The lowest BCUT2D eigenvalue weighted by Gasteiger charge is -2.32. The summed E-state index contributed by atoms with van der Waals surface area (Å²) in [6.07, 6.45) is 8.71. The van der Waals surface area contributed by atoms with Crippen LogP contribution in [0.25, 0.3) is 0 Å². The summed E-state index contributed by atoms with van der Waals surface area (Å²) in [6.45, 7) is 9.46. The van der Waals surface area contributed by atoms with Gasteiger partial charge in [-0.25, -0.2) is 0 Å². The number of ether oxygens (including phenoxy) is 1. The molecule has 0 spiro atoms. The molecule has 0 radical (unpaired) electrons. The van der Waals surface area contributed by atoms with Gasteiger partial charge < -0.3 is 10.1 Å². The van der Waals surface area contributed by atoms with Crippen LogP contribution in [-0.4, -0.2) is 17.1 Å². The van der Waals surface area contributed by atoms with Crippen LogP contribution in [0.3, 0.4) is 0 Å². The van der Waals surface area contributed by atoms with Crippen LogP contribution in [0.5, 0.6) is 5.75 Å². The van der Waals surface area contributed by atoms with Gasteiger partial charge in [0.15, 0.2) is 0 Å². The molecule has 3 nitrogen and oxygen atoms in total. The van der Waals surface area contributed by atoms with Crippen LogP contribution in [-0.2, 0) is 6.54 Å². The van der Waals surface area contributed by atoms with Crippen LogP contribution in [0.2, 0.25) is 0 Å². The minimum Gasteiger partial charge on any atom is -0.490 e. The molecule has 1 saturated carbocycles. The molecule has 2 atom stereocenters. The molecule has 1 aromatic rings. The molecule has 0 bridgehead atoms. The summed E-state index contributed by atoms with van der Waals surface area (Å²) < 4.78 is 6.42. The summed E-state index contributed by atoms with van der Waals surface area (Å²) in [4.78, 5) is 4.43. The maximum atomic E-state index is 6.42. The topological polar surface area (TPSA) is 34.1 Å². The third-order valence-electron chi connectivity index (χ3n) is 4.42. The molecule has 1 heterocycles. The Balaban J connectivity index is 2.11. The van der Waals surface area contributed by atoms with Crippen molar-refractivity contribution in [3.63, 3.8) is 0 Å². The molecule has 0 aliphatic heterocycles. The predicted molar refractivity (Wildman–Crippen MR) is 87.6 cm³/mol. The molecular formula is C18H30N2O. The Bertz CT molecular complexity index is 445. The number of nitrogens with one attached hydrogen (secondary N) is 1. The average molecular weight is 290 g/mol. The molecule has 1 aliphatic carbocycles. The van der Waals surface area contributed by atoms with E-state index in [1.807, 2.05) is 13.1 Å². The zero-order chi connectivity index (χ0) is 15.2. The first-order valence-corrected chi connectivity index (χ1v) is 8.45. The van der Waals surface area contributed by atoms with Gasteiger partial charge in [-0.2, -0.15) is 0 Å². The lowest BCUT2D eigenvalue weighted by molar-refractivity contribution is 0.0891. The summed E-state index contributed by atoms with van der Waals surface area (Å²) in [7, 11) is 0. The quantitative estimate of drug-likeness (QED) is 0.851. The number of aromatic nitrogens is 1. The maximum absolute atomic E-state index is 6.42. The molecule has 21 heavy (non-hydrogen) atoms. The van der Waals surface area contributed by atoms with Gasteiger partial charge in [-0.15, -0.1) is 0 Å². The molecule has 2 unspecified atom stereocenters. The van der Waals surface area contributed by atoms with E-state index in [0.29, 0.717) is 18.1 Å². The van der Waals surface area contributed by atoms with Crippen LogP contribution in [0.15, 0.2) is 12.3 Å². The SMILES string of the molecule is CCC1CCCCC1Oc1cc(C)ncc1CNC(C)C. The third-order valence-corrected chi connectivity index (χ3v) is 4.42. The van der Waals surface area contributed by atoms with Gasteiger partial charge in [0.2, 0.25) is 0 Å². The van der Waals surface area contributed by atoms with Crippen LogP contribution < -0.4 is 10.1 Å². The van der Waals surface area contributed by atoms with Crippen molar-refractivity contribution in [2.24, 2.45) is 5.92 Å². The van der Waals surface area contributed by atoms with Gasteiger partial charge in [0, 0.05) is 36.1 Å². The highest BCUT2D eigenvalue weighted by atomic mass is 16.5. The van der Waals surface area contributed by atoms with Crippen molar-refractivity contribution >= 4 is 0 Å². The Morgan fingerprint density at radius 1 is 1.33 bits per heavy atom. The van der Waals surface area contributed by atoms with Gasteiger partial charge in [-0.3, -0.25) is 4.98 Å². The highest BCUT2D eigenvalue weighted by molar-refractivity contribution is 5.33. The van der Waals surface area contributed by atoms with Crippen molar-refractivity contribution < 1.29 is 4.74 Å². The van der Waals surface area contributed by atoms with Crippen molar-refractivity contribution in [2.45, 2.75) is 78.5 Å². The zero-order valence-electron chi connectivity index (χ0n) is 14.0. The van der Waals surface area contributed by atoms with E-state index >= 15 is 0 Å². The Morgan fingerprint density at radius 3 is 2.81 bits per heavy atom. The minimum absolute atomic E-state index is 0.378. The molecule has 1 fully saturated rings. The second-order valence-corrected chi connectivity index (χ2v) is 6.58. The first kappa shape index (κ1) is 16.3. The van der Waals surface area contributed by atoms with Crippen LogP contribution in [0.4, 0.5) is 0 Å². The van der Waals surface area contributed by atoms with Gasteiger partial charge in [-0.1, -0.05) is 27.2 Å². The third kappa shape index (κ3) is 4.70. The first-order valence-electron chi connectivity index (χ1n) is 8.45. The summed E-state index contributed by atoms with van der Waals surface area (Å²) in [5.41, 5.74) is 2.21. The molecule has 1 N–H and O–H groups in total. The van der Waals surface area contributed by atoms with Gasteiger partial charge >= 0.3 is 0 Å². The fourth-order valence-electron chi connectivity index (χ4n) is 3.08. The fourth-order valence-corrected chi connectivity index (χ4v) is 3.08. The highest BCUT2D eigenvalue weighted by Gasteiger charge is 2.26. The van der Waals surface area contributed by atoms with E-state index in [0.717, 1.165) is 18.0 Å². The summed E-state index contributed by atoms with van der Waals surface area (Å²) in [5.74, 6) is 1.74. The van der Waals surface area contributed by atoms with Crippen molar-refractivity contribution in [1.29, 1.82) is 0 Å². The highest BCUT2D eigenvalue weighted by Crippen LogP contribution is 2.31. The molecule has 1 aliphatic rings. The molecule has 1 aromatic heterocycles. The van der Waals surface area contributed by atoms with E-state index < -0.39 is 0 Å². The zero-order valence-corrected chi connectivity index (χ0v) is 14.0. The summed E-state index contributed by atoms with van der Waals surface area (Å²) in [5, 5.41) is 3.46. The van der Waals surface area contributed by atoms with E-state index in [-0.39, 0.29) is 0 Å². The van der Waals surface area contributed by atoms with E-state index in [2.05, 4.69) is 37.1 Å². The number of aryl methyl sites for hydroxylation is 1. The number of pyridine rings is 1. The Labute approximate surface area is 129 Å². The van der Waals surface area contributed by atoms with Gasteiger partial charge in [0.1, 0.15) is 11.9 Å². The van der Waals surface area contributed by atoms with E-state index in [4.69, 9.17) is 4.74 Å². The second kappa shape index (κ2) is 7.79. The standard InChI is InChI=1S/C18H30N2O/c1-5-15-8-6-7-9-17(15)21-18-10-14(4)20-12-16(18)11-19-13(2)3/h10,12-13,15,17,19H,5-9,11H2,1-4H3. The number of hydrogen-bond acceptors (Lipinski definition) is 3. The fraction of sp³-hybridized carbons (Fsp3) is 0.722. The van der Waals surface area contributed by atoms with Crippen molar-refractivity contribution in [3.8, 4) is 5.75 Å². The smallest absolute Gasteiger partial charge is 0.127 e. The molecular weight excluding hydrogens is 260 g/mol. The van der Waals surface area contributed by atoms with Gasteiger partial charge in [-0.05, 0) is 38.5 Å². The van der Waals surface area contributed by atoms with Gasteiger partial charge in [0.25, 0.3) is 0 Å². The molecule has 118 valence electrons. The monoisotopic (exact) mass is 290 g/mol. The number of rotatable bonds is 6. The first-order chi connectivity index (χ1) is 10.1. The maximum Gasteiger partial charge on any atom is 0.127 e. The van der Waals surface area contributed by atoms with Crippen LogP contribution >= 0.6 is 0 Å². The molecule has 0 amide bonds. The molecule has 3 heteroatoms.